The minimum absolute atomic E-state index is 0.912. The first-order valence-electron chi connectivity index (χ1n) is 17.8. The molecular weight excluding hydrogens is 633 g/mol. The smallest absolute Gasteiger partial charge is 0.135 e. The number of para-hydroxylation sites is 3. The van der Waals surface area contributed by atoms with E-state index in [0.717, 1.165) is 38.8 Å². The van der Waals surface area contributed by atoms with E-state index in [4.69, 9.17) is 9.40 Å². The van der Waals surface area contributed by atoms with Gasteiger partial charge in [-0.2, -0.15) is 0 Å². The van der Waals surface area contributed by atoms with Gasteiger partial charge in [0.25, 0.3) is 0 Å². The van der Waals surface area contributed by atoms with Crippen molar-refractivity contribution in [3.63, 3.8) is 0 Å². The molecule has 0 spiro atoms. The molecule has 0 saturated carbocycles. The van der Waals surface area contributed by atoms with E-state index >= 15 is 0 Å². The van der Waals surface area contributed by atoms with Crippen molar-refractivity contribution >= 4 is 43.7 Å². The molecule has 0 aliphatic rings. The van der Waals surface area contributed by atoms with Crippen LogP contribution in [0.1, 0.15) is 11.1 Å². The van der Waals surface area contributed by atoms with Crippen LogP contribution in [0.15, 0.2) is 174 Å². The Morgan fingerprint density at radius 1 is 0.423 bits per heavy atom. The lowest BCUT2D eigenvalue weighted by Gasteiger charge is -2.16. The van der Waals surface area contributed by atoms with E-state index in [0.29, 0.717) is 0 Å². The summed E-state index contributed by atoms with van der Waals surface area (Å²) in [4.78, 5) is 4.88. The summed E-state index contributed by atoms with van der Waals surface area (Å²) < 4.78 is 8.52. The molecule has 3 heteroatoms. The number of benzene rings is 7. The van der Waals surface area contributed by atoms with Gasteiger partial charge in [0.2, 0.25) is 0 Å². The van der Waals surface area contributed by atoms with Gasteiger partial charge in [-0.25, -0.2) is 0 Å². The van der Waals surface area contributed by atoms with Gasteiger partial charge in [0.05, 0.1) is 16.7 Å². The standard InChI is InChI=1S/C49H34N2O/c1-31-37(17-10-18-38(31)34-24-25-49-43(29-34)42-16-5-8-23-48(42)52-49)33-12-9-13-36(28-33)44-30-35(26-27-50-44)39-19-11-22-45(32(39)2)51-46-20-6-3-14-40(46)41-15-4-7-21-47(41)51/h3-30H,1-2H3. The maximum absolute atomic E-state index is 6.11. The molecular formula is C49H34N2O. The van der Waals surface area contributed by atoms with Gasteiger partial charge in [-0.15, -0.1) is 0 Å². The fourth-order valence-electron chi connectivity index (χ4n) is 8.12. The third-order valence-corrected chi connectivity index (χ3v) is 10.7. The van der Waals surface area contributed by atoms with E-state index in [-0.39, 0.29) is 0 Å². The van der Waals surface area contributed by atoms with Crippen LogP contribution < -0.4 is 0 Å². The zero-order chi connectivity index (χ0) is 34.8. The Morgan fingerprint density at radius 3 is 1.77 bits per heavy atom. The van der Waals surface area contributed by atoms with Crippen molar-refractivity contribution in [2.45, 2.75) is 13.8 Å². The van der Waals surface area contributed by atoms with Crippen LogP contribution in [-0.2, 0) is 0 Å². The fourth-order valence-corrected chi connectivity index (χ4v) is 8.12. The van der Waals surface area contributed by atoms with Gasteiger partial charge in [0.1, 0.15) is 11.2 Å². The molecule has 0 amide bonds. The lowest BCUT2D eigenvalue weighted by atomic mass is 9.91. The summed E-state index contributed by atoms with van der Waals surface area (Å²) in [5.41, 5.74) is 17.1. The molecule has 7 aromatic carbocycles. The first kappa shape index (κ1) is 30.1. The van der Waals surface area contributed by atoms with Crippen LogP contribution >= 0.6 is 0 Å². The average Bonchev–Trinajstić information content (AvgIpc) is 3.74. The molecule has 0 bridgehead atoms. The first-order valence-corrected chi connectivity index (χ1v) is 17.8. The SMILES string of the molecule is Cc1c(-c2cccc(-c3cc(-c4cccc(-n5c6ccccc6c6ccccc65)c4C)ccn3)c2)cccc1-c1ccc2oc3ccccc3c2c1. The normalized spacial score (nSPS) is 11.7. The third-order valence-electron chi connectivity index (χ3n) is 10.7. The molecule has 0 aliphatic heterocycles. The van der Waals surface area contributed by atoms with E-state index in [1.165, 1.54) is 66.4 Å². The second-order valence-corrected chi connectivity index (χ2v) is 13.6. The number of nitrogens with zero attached hydrogens (tertiary/aromatic N) is 2. The Bertz CT molecular complexity index is 2940. The van der Waals surface area contributed by atoms with Crippen molar-refractivity contribution in [1.29, 1.82) is 0 Å². The summed E-state index contributed by atoms with van der Waals surface area (Å²) in [5.74, 6) is 0. The first-order chi connectivity index (χ1) is 25.6. The Labute approximate surface area is 302 Å². The Morgan fingerprint density at radius 2 is 1.00 bits per heavy atom. The number of fused-ring (bicyclic) bond motifs is 6. The molecule has 0 radical (unpaired) electrons. The van der Waals surface area contributed by atoms with Gasteiger partial charge in [-0.05, 0) is 113 Å². The zero-order valence-corrected chi connectivity index (χ0v) is 29.0. The van der Waals surface area contributed by atoms with Gasteiger partial charge >= 0.3 is 0 Å². The maximum atomic E-state index is 6.11. The third kappa shape index (κ3) is 4.78. The Hall–Kier alpha value is -6.71. The molecule has 0 fully saturated rings. The van der Waals surface area contributed by atoms with Gasteiger partial charge < -0.3 is 8.98 Å². The topological polar surface area (TPSA) is 31.0 Å². The predicted octanol–water partition coefficient (Wildman–Crippen LogP) is 13.4. The van der Waals surface area contributed by atoms with Crippen LogP contribution in [0.2, 0.25) is 0 Å². The molecule has 0 saturated heterocycles. The number of hydrogen-bond donors (Lipinski definition) is 0. The molecule has 0 N–H and O–H groups in total. The van der Waals surface area contributed by atoms with Crippen LogP contribution in [0.5, 0.6) is 0 Å². The molecule has 0 unspecified atom stereocenters. The van der Waals surface area contributed by atoms with Crippen LogP contribution in [-0.4, -0.2) is 9.55 Å². The van der Waals surface area contributed by atoms with E-state index < -0.39 is 0 Å². The summed E-state index contributed by atoms with van der Waals surface area (Å²) in [7, 11) is 0. The molecule has 3 nitrogen and oxygen atoms in total. The number of aromatic nitrogens is 2. The minimum atomic E-state index is 0.912. The summed E-state index contributed by atoms with van der Waals surface area (Å²) in [6.07, 6.45) is 1.94. The highest BCUT2D eigenvalue weighted by molar-refractivity contribution is 6.09. The summed E-state index contributed by atoms with van der Waals surface area (Å²) in [5, 5.41) is 4.82. The lowest BCUT2D eigenvalue weighted by molar-refractivity contribution is 0.669. The second-order valence-electron chi connectivity index (χ2n) is 13.6. The molecule has 10 rings (SSSR count). The van der Waals surface area contributed by atoms with Gasteiger partial charge in [-0.3, -0.25) is 4.98 Å². The summed E-state index contributed by atoms with van der Waals surface area (Å²) in [6.45, 7) is 4.46. The summed E-state index contributed by atoms with van der Waals surface area (Å²) >= 11 is 0. The van der Waals surface area contributed by atoms with Crippen LogP contribution in [0.4, 0.5) is 0 Å². The minimum Gasteiger partial charge on any atom is -0.456 e. The van der Waals surface area contributed by atoms with Crippen molar-refractivity contribution < 1.29 is 4.42 Å². The van der Waals surface area contributed by atoms with Crippen LogP contribution in [0.25, 0.3) is 94.1 Å². The van der Waals surface area contributed by atoms with Crippen LogP contribution in [0, 0.1) is 13.8 Å². The fraction of sp³-hybridized carbons (Fsp3) is 0.0408. The zero-order valence-electron chi connectivity index (χ0n) is 29.0. The molecule has 3 aromatic heterocycles. The van der Waals surface area contributed by atoms with Gasteiger partial charge in [-0.1, -0.05) is 109 Å². The van der Waals surface area contributed by atoms with Gasteiger partial charge in [0, 0.05) is 39.0 Å². The van der Waals surface area contributed by atoms with Crippen molar-refractivity contribution in [3.05, 3.63) is 181 Å². The monoisotopic (exact) mass is 666 g/mol. The summed E-state index contributed by atoms with van der Waals surface area (Å²) in [6, 6.07) is 58.5. The van der Waals surface area contributed by atoms with E-state index in [9.17, 15) is 0 Å². The highest BCUT2D eigenvalue weighted by atomic mass is 16.3. The number of pyridine rings is 1. The molecule has 0 aliphatic carbocycles. The Balaban J connectivity index is 1.03. The lowest BCUT2D eigenvalue weighted by Crippen LogP contribution is -1.99. The highest BCUT2D eigenvalue weighted by Gasteiger charge is 2.16. The molecule has 52 heavy (non-hydrogen) atoms. The van der Waals surface area contributed by atoms with E-state index in [1.54, 1.807) is 0 Å². The molecule has 246 valence electrons. The highest BCUT2D eigenvalue weighted by Crippen LogP contribution is 2.39. The molecule has 3 heterocycles. The van der Waals surface area contributed by atoms with Crippen molar-refractivity contribution in [2.24, 2.45) is 0 Å². The van der Waals surface area contributed by atoms with E-state index in [1.807, 2.05) is 18.3 Å². The average molecular weight is 667 g/mol. The second kappa shape index (κ2) is 12.0. The van der Waals surface area contributed by atoms with E-state index in [2.05, 4.69) is 170 Å². The van der Waals surface area contributed by atoms with Crippen molar-refractivity contribution in [3.8, 4) is 50.3 Å². The molecule has 0 atom stereocenters. The number of furan rings is 1. The number of rotatable bonds is 5. The van der Waals surface area contributed by atoms with Crippen LogP contribution in [0.3, 0.4) is 0 Å². The quantitative estimate of drug-likeness (QED) is 0.183. The van der Waals surface area contributed by atoms with Crippen molar-refractivity contribution in [1.82, 2.24) is 9.55 Å². The Kier molecular flexibility index (Phi) is 6.94. The predicted molar refractivity (Wildman–Crippen MR) is 217 cm³/mol. The number of hydrogen-bond acceptors (Lipinski definition) is 2. The largest absolute Gasteiger partial charge is 0.456 e. The van der Waals surface area contributed by atoms with Crippen molar-refractivity contribution in [2.75, 3.05) is 0 Å². The van der Waals surface area contributed by atoms with Gasteiger partial charge in [0.15, 0.2) is 0 Å². The maximum Gasteiger partial charge on any atom is 0.135 e. The molecule has 10 aromatic rings.